The lowest BCUT2D eigenvalue weighted by Crippen LogP contribution is -2.48. The van der Waals surface area contributed by atoms with Gasteiger partial charge < -0.3 is 14.4 Å². The second-order valence-electron chi connectivity index (χ2n) is 7.89. The zero-order chi connectivity index (χ0) is 17.6. The third kappa shape index (κ3) is 3.25. The van der Waals surface area contributed by atoms with Gasteiger partial charge in [0, 0.05) is 24.2 Å². The molecule has 25 heavy (non-hydrogen) atoms. The Hall–Kier alpha value is -2.37. The highest BCUT2D eigenvalue weighted by Gasteiger charge is 2.49. The van der Waals surface area contributed by atoms with Gasteiger partial charge in [0.2, 0.25) is 5.88 Å². The van der Waals surface area contributed by atoms with Crippen LogP contribution in [-0.2, 0) is 4.74 Å². The van der Waals surface area contributed by atoms with Gasteiger partial charge in [0.15, 0.2) is 5.65 Å². The summed E-state index contributed by atoms with van der Waals surface area (Å²) in [4.78, 5) is 23.0. The molecule has 2 aliphatic rings. The Morgan fingerprint density at radius 1 is 1.24 bits per heavy atom. The molecule has 3 unspecified atom stereocenters. The van der Waals surface area contributed by atoms with Crippen LogP contribution in [0.25, 0.3) is 11.0 Å². The molecule has 1 aliphatic heterocycles. The van der Waals surface area contributed by atoms with E-state index in [1.807, 2.05) is 49.9 Å². The van der Waals surface area contributed by atoms with E-state index in [1.165, 1.54) is 0 Å². The van der Waals surface area contributed by atoms with Crippen molar-refractivity contribution in [2.75, 3.05) is 6.54 Å². The number of hydrogen-bond acceptors (Lipinski definition) is 5. The lowest BCUT2D eigenvalue weighted by molar-refractivity contribution is 0.00217. The quantitative estimate of drug-likeness (QED) is 0.837. The molecule has 2 fully saturated rings. The van der Waals surface area contributed by atoms with Gasteiger partial charge in [-0.15, -0.1) is 0 Å². The molecule has 3 atom stereocenters. The van der Waals surface area contributed by atoms with E-state index in [0.717, 1.165) is 24.8 Å². The minimum Gasteiger partial charge on any atom is -0.472 e. The third-order valence-corrected chi connectivity index (χ3v) is 4.76. The number of hydrogen-bond donors (Lipinski definition) is 0. The molecule has 0 radical (unpaired) electrons. The fraction of sp³-hybridized carbons (Fsp3) is 0.526. The van der Waals surface area contributed by atoms with E-state index >= 15 is 0 Å². The molecule has 6 heteroatoms. The van der Waals surface area contributed by atoms with Crippen LogP contribution in [0.3, 0.4) is 0 Å². The normalized spacial score (nSPS) is 25.4. The molecule has 6 nitrogen and oxygen atoms in total. The van der Waals surface area contributed by atoms with Crippen LogP contribution >= 0.6 is 0 Å². The number of pyridine rings is 2. The van der Waals surface area contributed by atoms with E-state index in [0.29, 0.717) is 17.4 Å². The molecule has 0 spiro atoms. The summed E-state index contributed by atoms with van der Waals surface area (Å²) < 4.78 is 11.7. The number of carbonyl (C=O) groups excluding carboxylic acids is 1. The lowest BCUT2D eigenvalue weighted by Gasteiger charge is -2.34. The van der Waals surface area contributed by atoms with Crippen LogP contribution in [0.1, 0.15) is 33.6 Å². The van der Waals surface area contributed by atoms with Gasteiger partial charge in [0.25, 0.3) is 0 Å². The van der Waals surface area contributed by atoms with Crippen LogP contribution in [0.5, 0.6) is 5.88 Å². The van der Waals surface area contributed by atoms with Crippen molar-refractivity contribution in [3.05, 3.63) is 30.5 Å². The van der Waals surface area contributed by atoms with Gasteiger partial charge in [0.1, 0.15) is 11.7 Å². The van der Waals surface area contributed by atoms with Crippen LogP contribution in [-0.4, -0.2) is 45.3 Å². The van der Waals surface area contributed by atoms with Crippen molar-refractivity contribution >= 4 is 17.1 Å². The van der Waals surface area contributed by atoms with Crippen molar-refractivity contribution in [1.29, 1.82) is 0 Å². The fourth-order valence-corrected chi connectivity index (χ4v) is 3.78. The number of aromatic nitrogens is 2. The Morgan fingerprint density at radius 2 is 2.08 bits per heavy atom. The average molecular weight is 341 g/mol. The lowest BCUT2D eigenvalue weighted by atomic mass is 10.1. The molecule has 2 aromatic heterocycles. The maximum atomic E-state index is 12.4. The first-order valence-corrected chi connectivity index (χ1v) is 8.77. The van der Waals surface area contributed by atoms with E-state index in [1.54, 1.807) is 6.20 Å². The molecule has 0 N–H and O–H groups in total. The van der Waals surface area contributed by atoms with Crippen molar-refractivity contribution in [1.82, 2.24) is 14.9 Å². The van der Waals surface area contributed by atoms with Crippen molar-refractivity contribution in [2.24, 2.45) is 5.92 Å². The summed E-state index contributed by atoms with van der Waals surface area (Å²) in [5.74, 6) is 1.04. The number of piperidine rings is 1. The Balaban J connectivity index is 1.48. The topological polar surface area (TPSA) is 64.5 Å². The predicted octanol–water partition coefficient (Wildman–Crippen LogP) is 3.41. The highest BCUT2D eigenvalue weighted by Crippen LogP contribution is 2.40. The SMILES string of the molecule is CC(C)(C)OC(=O)N1CC2CC(Oc3ccc4cccnc4n3)C1C2. The van der Waals surface area contributed by atoms with Gasteiger partial charge in [-0.1, -0.05) is 0 Å². The minimum atomic E-state index is -0.485. The number of fused-ring (bicyclic) bond motifs is 3. The van der Waals surface area contributed by atoms with Gasteiger partial charge in [-0.05, 0) is 57.7 Å². The Morgan fingerprint density at radius 3 is 2.84 bits per heavy atom. The number of ether oxygens (including phenoxy) is 2. The molecule has 1 amide bonds. The van der Waals surface area contributed by atoms with Gasteiger partial charge in [-0.2, -0.15) is 4.98 Å². The highest BCUT2D eigenvalue weighted by molar-refractivity contribution is 5.74. The third-order valence-electron chi connectivity index (χ3n) is 4.76. The maximum absolute atomic E-state index is 12.4. The van der Waals surface area contributed by atoms with Gasteiger partial charge in [-0.25, -0.2) is 9.78 Å². The summed E-state index contributed by atoms with van der Waals surface area (Å²) >= 11 is 0. The molecule has 132 valence electrons. The largest absolute Gasteiger partial charge is 0.472 e. The first-order chi connectivity index (χ1) is 11.9. The first kappa shape index (κ1) is 16.1. The highest BCUT2D eigenvalue weighted by atomic mass is 16.6. The molecule has 1 aliphatic carbocycles. The molecule has 3 heterocycles. The van der Waals surface area contributed by atoms with E-state index in [2.05, 4.69) is 9.97 Å². The second-order valence-corrected chi connectivity index (χ2v) is 7.89. The molecule has 1 saturated heterocycles. The summed E-state index contributed by atoms with van der Waals surface area (Å²) in [6.07, 6.45) is 3.35. The molecule has 2 bridgehead atoms. The minimum absolute atomic E-state index is 0.0417. The van der Waals surface area contributed by atoms with Gasteiger partial charge in [-0.3, -0.25) is 0 Å². The van der Waals surface area contributed by atoms with Crippen LogP contribution in [0.4, 0.5) is 4.79 Å². The van der Waals surface area contributed by atoms with Crippen molar-refractivity contribution in [2.45, 2.75) is 51.4 Å². The van der Waals surface area contributed by atoms with E-state index < -0.39 is 5.60 Å². The maximum Gasteiger partial charge on any atom is 0.410 e. The summed E-state index contributed by atoms with van der Waals surface area (Å²) in [5, 5.41) is 0.984. The number of likely N-dealkylation sites (tertiary alicyclic amines) is 1. The zero-order valence-corrected chi connectivity index (χ0v) is 14.8. The Kier molecular flexibility index (Phi) is 3.78. The number of carbonyl (C=O) groups is 1. The van der Waals surface area contributed by atoms with Gasteiger partial charge >= 0.3 is 6.09 Å². The molecular weight excluding hydrogens is 318 g/mol. The van der Waals surface area contributed by atoms with Crippen molar-refractivity contribution in [3.8, 4) is 5.88 Å². The van der Waals surface area contributed by atoms with Crippen molar-refractivity contribution in [3.63, 3.8) is 0 Å². The average Bonchev–Trinajstić information content (AvgIpc) is 3.13. The monoisotopic (exact) mass is 341 g/mol. The van der Waals surface area contributed by atoms with Crippen LogP contribution in [0.15, 0.2) is 30.5 Å². The Labute approximate surface area is 147 Å². The molecule has 1 saturated carbocycles. The van der Waals surface area contributed by atoms with E-state index in [9.17, 15) is 4.79 Å². The van der Waals surface area contributed by atoms with Crippen LogP contribution < -0.4 is 4.74 Å². The van der Waals surface area contributed by atoms with Crippen LogP contribution in [0.2, 0.25) is 0 Å². The smallest absolute Gasteiger partial charge is 0.410 e. The standard InChI is InChI=1S/C19H23N3O3/c1-19(2,3)25-18(23)22-11-12-9-14(22)15(10-12)24-16-7-6-13-5-4-8-20-17(13)21-16/h4-8,12,14-15H,9-11H2,1-3H3. The van der Waals surface area contributed by atoms with Crippen LogP contribution in [0, 0.1) is 5.92 Å². The number of rotatable bonds is 2. The second kappa shape index (κ2) is 5.86. The molecule has 2 aromatic rings. The Bertz CT molecular complexity index is 802. The zero-order valence-electron chi connectivity index (χ0n) is 14.8. The fourth-order valence-electron chi connectivity index (χ4n) is 3.78. The summed E-state index contributed by atoms with van der Waals surface area (Å²) in [5.41, 5.74) is 0.188. The molecular formula is C19H23N3O3. The molecule has 4 rings (SSSR count). The van der Waals surface area contributed by atoms with Crippen molar-refractivity contribution < 1.29 is 14.3 Å². The molecule has 0 aromatic carbocycles. The van der Waals surface area contributed by atoms with E-state index in [-0.39, 0.29) is 18.2 Å². The summed E-state index contributed by atoms with van der Waals surface area (Å²) in [6.45, 7) is 6.42. The number of amides is 1. The number of nitrogens with zero attached hydrogens (tertiary/aromatic N) is 3. The van der Waals surface area contributed by atoms with E-state index in [4.69, 9.17) is 9.47 Å². The predicted molar refractivity (Wildman–Crippen MR) is 93.4 cm³/mol. The van der Waals surface area contributed by atoms with Gasteiger partial charge in [0.05, 0.1) is 6.04 Å². The summed E-state index contributed by atoms with van der Waals surface area (Å²) in [7, 11) is 0. The summed E-state index contributed by atoms with van der Waals surface area (Å²) in [6, 6.07) is 7.75. The first-order valence-electron chi connectivity index (χ1n) is 8.77.